The van der Waals surface area contributed by atoms with Crippen LogP contribution in [0.4, 0.5) is 0 Å². The van der Waals surface area contributed by atoms with Crippen molar-refractivity contribution in [3.05, 3.63) is 11.2 Å². The van der Waals surface area contributed by atoms with Crippen molar-refractivity contribution < 1.29 is 0 Å². The highest BCUT2D eigenvalue weighted by molar-refractivity contribution is 7.84. The molecule has 0 amide bonds. The van der Waals surface area contributed by atoms with Crippen LogP contribution in [0.5, 0.6) is 0 Å². The molecule has 0 spiro atoms. The van der Waals surface area contributed by atoms with E-state index in [2.05, 4.69) is 22.9 Å². The maximum atomic E-state index is 4.00. The number of rotatable bonds is 0. The van der Waals surface area contributed by atoms with Gasteiger partial charge in [0.25, 0.3) is 0 Å². The Kier molecular flexibility index (Phi) is 1.36. The highest BCUT2D eigenvalue weighted by atomic mass is 32.1. The predicted molar refractivity (Wildman–Crippen MR) is 33.6 cm³/mol. The number of nitrogens with one attached hydrogen (secondary N) is 1. The molecule has 1 aliphatic rings. The highest BCUT2D eigenvalue weighted by Crippen LogP contribution is 1.95. The Hall–Kier alpha value is -0.440. The van der Waals surface area contributed by atoms with Gasteiger partial charge in [0.1, 0.15) is 0 Å². The molecule has 2 nitrogen and oxygen atoms in total. The third kappa shape index (κ3) is 1.23. The van der Waals surface area contributed by atoms with Crippen LogP contribution in [0.15, 0.2) is 16.2 Å². The summed E-state index contributed by atoms with van der Waals surface area (Å²) in [6.45, 7) is 0.801. The van der Waals surface area contributed by atoms with E-state index >= 15 is 0 Å². The summed E-state index contributed by atoms with van der Waals surface area (Å²) in [6.07, 6.45) is 3.46. The number of nitrogens with zero attached hydrogens (tertiary/aromatic N) is 1. The maximum absolute atomic E-state index is 4.00. The van der Waals surface area contributed by atoms with Crippen LogP contribution in [-0.2, 0) is 0 Å². The molecular formula is C4H6N2S. The molecule has 7 heavy (non-hydrogen) atoms. The van der Waals surface area contributed by atoms with Gasteiger partial charge in [-0.05, 0) is 0 Å². The van der Waals surface area contributed by atoms with Crippen molar-refractivity contribution in [1.82, 2.24) is 5.32 Å². The van der Waals surface area contributed by atoms with E-state index in [4.69, 9.17) is 0 Å². The standard InChI is InChI=1S/C4H6N2S/c7-4-3-5-1-2-6-4/h1,3,6-7H,2H2. The normalized spacial score (nSPS) is 18.1. The summed E-state index contributed by atoms with van der Waals surface area (Å²) in [5.41, 5.74) is 0. The summed E-state index contributed by atoms with van der Waals surface area (Å²) < 4.78 is 0. The Bertz CT molecular complexity index is 117. The monoisotopic (exact) mass is 114 g/mol. The Labute approximate surface area is 47.7 Å². The van der Waals surface area contributed by atoms with E-state index in [0.29, 0.717) is 0 Å². The fourth-order valence-electron chi connectivity index (χ4n) is 0.372. The Morgan fingerprint density at radius 3 is 3.00 bits per heavy atom. The molecule has 0 fully saturated rings. The summed E-state index contributed by atoms with van der Waals surface area (Å²) in [5, 5.41) is 3.79. The third-order valence-corrected chi connectivity index (χ3v) is 0.950. The van der Waals surface area contributed by atoms with Crippen LogP contribution in [0, 0.1) is 0 Å². The van der Waals surface area contributed by atoms with Gasteiger partial charge >= 0.3 is 0 Å². The molecule has 0 aromatic carbocycles. The lowest BCUT2D eigenvalue weighted by atomic mass is 10.6. The Morgan fingerprint density at radius 1 is 1.86 bits per heavy atom. The number of hydrogen-bond acceptors (Lipinski definition) is 3. The molecule has 1 heterocycles. The molecule has 1 N–H and O–H groups in total. The first-order valence-electron chi connectivity index (χ1n) is 2.04. The summed E-state index contributed by atoms with van der Waals surface area (Å²) in [5.74, 6) is 0. The van der Waals surface area contributed by atoms with Crippen LogP contribution in [-0.4, -0.2) is 12.8 Å². The van der Waals surface area contributed by atoms with E-state index in [1.54, 1.807) is 12.4 Å². The molecular weight excluding hydrogens is 108 g/mol. The average molecular weight is 114 g/mol. The first kappa shape index (κ1) is 4.71. The second-order valence-electron chi connectivity index (χ2n) is 1.23. The second kappa shape index (κ2) is 2.02. The average Bonchev–Trinajstić information content (AvgIpc) is 1.69. The van der Waals surface area contributed by atoms with Gasteiger partial charge in [-0.3, -0.25) is 4.99 Å². The molecule has 1 rings (SSSR count). The molecule has 0 radical (unpaired) electrons. The van der Waals surface area contributed by atoms with Gasteiger partial charge in [-0.1, -0.05) is 0 Å². The quantitative estimate of drug-likeness (QED) is 0.437. The largest absolute Gasteiger partial charge is 0.374 e. The molecule has 0 aliphatic carbocycles. The lowest BCUT2D eigenvalue weighted by molar-refractivity contribution is 0.987. The lowest BCUT2D eigenvalue weighted by Gasteiger charge is -2.02. The van der Waals surface area contributed by atoms with E-state index in [1.807, 2.05) is 0 Å². The SMILES string of the molecule is SC1=CN=CCN1. The first-order valence-corrected chi connectivity index (χ1v) is 2.49. The topological polar surface area (TPSA) is 24.4 Å². The van der Waals surface area contributed by atoms with Crippen molar-refractivity contribution in [2.45, 2.75) is 0 Å². The van der Waals surface area contributed by atoms with E-state index in [-0.39, 0.29) is 0 Å². The molecule has 1 aliphatic heterocycles. The zero-order valence-electron chi connectivity index (χ0n) is 3.76. The molecule has 3 heteroatoms. The summed E-state index contributed by atoms with van der Waals surface area (Å²) in [6, 6.07) is 0. The molecule has 0 atom stereocenters. The minimum absolute atomic E-state index is 0.801. The minimum Gasteiger partial charge on any atom is -0.374 e. The number of hydrogen-bond donors (Lipinski definition) is 2. The highest BCUT2D eigenvalue weighted by Gasteiger charge is 1.87. The fraction of sp³-hybridized carbons (Fsp3) is 0.250. The Morgan fingerprint density at radius 2 is 2.71 bits per heavy atom. The molecule has 0 unspecified atom stereocenters. The fourth-order valence-corrected chi connectivity index (χ4v) is 0.530. The molecule has 0 saturated heterocycles. The molecule has 0 bridgehead atoms. The van der Waals surface area contributed by atoms with Gasteiger partial charge < -0.3 is 5.32 Å². The number of thiol groups is 1. The zero-order chi connectivity index (χ0) is 5.11. The summed E-state index contributed by atoms with van der Waals surface area (Å²) >= 11 is 4.00. The van der Waals surface area contributed by atoms with Crippen LogP contribution in [0.1, 0.15) is 0 Å². The summed E-state index contributed by atoms with van der Waals surface area (Å²) in [4.78, 5) is 3.83. The third-order valence-electron chi connectivity index (χ3n) is 0.677. The predicted octanol–water partition coefficient (Wildman–Crippen LogP) is 0.389. The number of aliphatic imine (C=N–C) groups is 1. The van der Waals surface area contributed by atoms with Crippen molar-refractivity contribution in [3.63, 3.8) is 0 Å². The van der Waals surface area contributed by atoms with E-state index in [0.717, 1.165) is 11.6 Å². The van der Waals surface area contributed by atoms with Crippen LogP contribution in [0.2, 0.25) is 0 Å². The molecule has 0 saturated carbocycles. The van der Waals surface area contributed by atoms with Gasteiger partial charge in [-0.15, -0.1) is 12.6 Å². The lowest BCUT2D eigenvalue weighted by Crippen LogP contribution is -2.14. The summed E-state index contributed by atoms with van der Waals surface area (Å²) in [7, 11) is 0. The molecule has 0 aromatic heterocycles. The van der Waals surface area contributed by atoms with Crippen LogP contribution in [0.25, 0.3) is 0 Å². The zero-order valence-corrected chi connectivity index (χ0v) is 4.65. The van der Waals surface area contributed by atoms with Gasteiger partial charge in [0.15, 0.2) is 0 Å². The van der Waals surface area contributed by atoms with Crippen molar-refractivity contribution in [2.24, 2.45) is 4.99 Å². The van der Waals surface area contributed by atoms with Crippen molar-refractivity contribution in [3.8, 4) is 0 Å². The van der Waals surface area contributed by atoms with Gasteiger partial charge in [-0.25, -0.2) is 0 Å². The molecule has 38 valence electrons. The van der Waals surface area contributed by atoms with Crippen molar-refractivity contribution in [2.75, 3.05) is 6.54 Å². The Balaban J connectivity index is 2.57. The van der Waals surface area contributed by atoms with Crippen LogP contribution >= 0.6 is 12.6 Å². The second-order valence-corrected chi connectivity index (χ2v) is 1.71. The van der Waals surface area contributed by atoms with Crippen molar-refractivity contribution >= 4 is 18.8 Å². The smallest absolute Gasteiger partial charge is 0.0839 e. The van der Waals surface area contributed by atoms with E-state index in [9.17, 15) is 0 Å². The minimum atomic E-state index is 0.801. The van der Waals surface area contributed by atoms with Gasteiger partial charge in [0.05, 0.1) is 17.8 Å². The first-order chi connectivity index (χ1) is 3.39. The molecule has 0 aromatic rings. The van der Waals surface area contributed by atoms with Crippen LogP contribution < -0.4 is 5.32 Å². The van der Waals surface area contributed by atoms with E-state index in [1.165, 1.54) is 0 Å². The van der Waals surface area contributed by atoms with Crippen LogP contribution in [0.3, 0.4) is 0 Å². The van der Waals surface area contributed by atoms with Crippen molar-refractivity contribution in [1.29, 1.82) is 0 Å². The van der Waals surface area contributed by atoms with Gasteiger partial charge in [-0.2, -0.15) is 0 Å². The van der Waals surface area contributed by atoms with Gasteiger partial charge in [0.2, 0.25) is 0 Å². The van der Waals surface area contributed by atoms with Gasteiger partial charge in [0, 0.05) is 6.21 Å². The maximum Gasteiger partial charge on any atom is 0.0839 e. The van der Waals surface area contributed by atoms with E-state index < -0.39 is 0 Å².